The molecule has 0 atom stereocenters. The van der Waals surface area contributed by atoms with E-state index in [0.717, 1.165) is 37.5 Å². The van der Waals surface area contributed by atoms with Crippen molar-refractivity contribution in [3.63, 3.8) is 0 Å². The zero-order valence-electron chi connectivity index (χ0n) is 10.8. The minimum Gasteiger partial charge on any atom is -0.339 e. The van der Waals surface area contributed by atoms with Gasteiger partial charge < -0.3 is 10.2 Å². The van der Waals surface area contributed by atoms with E-state index in [1.165, 1.54) is 0 Å². The predicted molar refractivity (Wildman–Crippen MR) is 76.8 cm³/mol. The van der Waals surface area contributed by atoms with Crippen LogP contribution in [0.3, 0.4) is 0 Å². The van der Waals surface area contributed by atoms with Crippen molar-refractivity contribution in [1.29, 1.82) is 5.26 Å². The number of nitrogens with one attached hydrogen (secondary N) is 1. The first-order valence-electron chi connectivity index (χ1n) is 6.35. The topological polar surface area (TPSA) is 56.1 Å². The number of nitriles is 1. The third kappa shape index (κ3) is 4.27. The second-order valence-corrected chi connectivity index (χ2v) is 5.42. The lowest BCUT2D eigenvalue weighted by molar-refractivity contribution is -0.128. The van der Waals surface area contributed by atoms with Gasteiger partial charge >= 0.3 is 0 Å². The molecule has 1 aromatic rings. The molecule has 0 saturated carbocycles. The van der Waals surface area contributed by atoms with Gasteiger partial charge in [-0.25, -0.2) is 0 Å². The molecule has 1 N–H and O–H groups in total. The number of carbonyl (C=O) groups excluding carboxylic acids is 1. The third-order valence-electron chi connectivity index (χ3n) is 3.05. The summed E-state index contributed by atoms with van der Waals surface area (Å²) in [5.74, 6) is 1.56. The van der Waals surface area contributed by atoms with Crippen LogP contribution in [0.5, 0.6) is 0 Å². The van der Waals surface area contributed by atoms with E-state index in [9.17, 15) is 4.79 Å². The van der Waals surface area contributed by atoms with Gasteiger partial charge in [-0.2, -0.15) is 5.26 Å². The van der Waals surface area contributed by atoms with Crippen molar-refractivity contribution >= 4 is 17.7 Å². The lowest BCUT2D eigenvalue weighted by atomic mass is 10.2. The average Bonchev–Trinajstić information content (AvgIpc) is 2.49. The van der Waals surface area contributed by atoms with Gasteiger partial charge in [0.15, 0.2) is 0 Å². The number of carbonyl (C=O) groups is 1. The van der Waals surface area contributed by atoms with Gasteiger partial charge in [0.2, 0.25) is 5.91 Å². The van der Waals surface area contributed by atoms with E-state index in [-0.39, 0.29) is 5.91 Å². The van der Waals surface area contributed by atoms with Gasteiger partial charge in [-0.3, -0.25) is 4.79 Å². The van der Waals surface area contributed by atoms with Crippen LogP contribution in [-0.4, -0.2) is 42.7 Å². The first-order valence-corrected chi connectivity index (χ1v) is 7.50. The molecule has 1 aromatic carbocycles. The first-order chi connectivity index (χ1) is 9.29. The van der Waals surface area contributed by atoms with E-state index >= 15 is 0 Å². The smallest absolute Gasteiger partial charge is 0.232 e. The van der Waals surface area contributed by atoms with Crippen LogP contribution in [0, 0.1) is 11.3 Å². The Morgan fingerprint density at radius 1 is 1.32 bits per heavy atom. The summed E-state index contributed by atoms with van der Waals surface area (Å²) >= 11 is 1.63. The molecule has 1 fully saturated rings. The van der Waals surface area contributed by atoms with Gasteiger partial charge in [0.1, 0.15) is 0 Å². The molecule has 0 aliphatic carbocycles. The highest BCUT2D eigenvalue weighted by Crippen LogP contribution is 2.13. The summed E-state index contributed by atoms with van der Waals surface area (Å²) < 4.78 is 0. The van der Waals surface area contributed by atoms with Gasteiger partial charge in [0.05, 0.1) is 17.4 Å². The fraction of sp³-hybridized carbons (Fsp3) is 0.429. The highest BCUT2D eigenvalue weighted by molar-refractivity contribution is 7.99. The van der Waals surface area contributed by atoms with Crippen LogP contribution in [0.4, 0.5) is 0 Å². The monoisotopic (exact) mass is 275 g/mol. The van der Waals surface area contributed by atoms with Gasteiger partial charge in [0, 0.05) is 31.9 Å². The Morgan fingerprint density at radius 2 is 2.00 bits per heavy atom. The SMILES string of the molecule is N#Cc1ccc(CSCC(=O)N2CCNCC2)cc1. The Bertz CT molecular complexity index is 461. The average molecular weight is 275 g/mol. The number of rotatable bonds is 4. The summed E-state index contributed by atoms with van der Waals surface area (Å²) in [5.41, 5.74) is 1.82. The van der Waals surface area contributed by atoms with E-state index in [4.69, 9.17) is 5.26 Å². The minimum absolute atomic E-state index is 0.222. The van der Waals surface area contributed by atoms with E-state index in [2.05, 4.69) is 11.4 Å². The summed E-state index contributed by atoms with van der Waals surface area (Å²) in [7, 11) is 0. The molecule has 19 heavy (non-hydrogen) atoms. The second-order valence-electron chi connectivity index (χ2n) is 4.43. The fourth-order valence-electron chi connectivity index (χ4n) is 1.94. The van der Waals surface area contributed by atoms with Crippen LogP contribution >= 0.6 is 11.8 Å². The number of amides is 1. The molecule has 0 aromatic heterocycles. The van der Waals surface area contributed by atoms with Crippen LogP contribution in [0.15, 0.2) is 24.3 Å². The van der Waals surface area contributed by atoms with Crippen LogP contribution in [0.25, 0.3) is 0 Å². The van der Waals surface area contributed by atoms with Crippen molar-refractivity contribution < 1.29 is 4.79 Å². The lowest BCUT2D eigenvalue weighted by Crippen LogP contribution is -2.47. The molecule has 100 valence electrons. The van der Waals surface area contributed by atoms with Crippen molar-refractivity contribution in [3.8, 4) is 6.07 Å². The number of hydrogen-bond acceptors (Lipinski definition) is 4. The standard InChI is InChI=1S/C14H17N3OS/c15-9-12-1-3-13(4-2-12)10-19-11-14(18)17-7-5-16-6-8-17/h1-4,16H,5-8,10-11H2. The van der Waals surface area contributed by atoms with Crippen LogP contribution < -0.4 is 5.32 Å². The summed E-state index contributed by atoms with van der Waals surface area (Å²) in [5, 5.41) is 11.9. The fourth-order valence-corrected chi connectivity index (χ4v) is 2.82. The first kappa shape index (κ1) is 13.9. The highest BCUT2D eigenvalue weighted by atomic mass is 32.2. The normalized spacial score (nSPS) is 15.0. The lowest BCUT2D eigenvalue weighted by Gasteiger charge is -2.27. The van der Waals surface area contributed by atoms with Crippen molar-refractivity contribution in [3.05, 3.63) is 35.4 Å². The van der Waals surface area contributed by atoms with Crippen molar-refractivity contribution in [2.45, 2.75) is 5.75 Å². The summed E-state index contributed by atoms with van der Waals surface area (Å²) in [4.78, 5) is 13.8. The maximum Gasteiger partial charge on any atom is 0.232 e. The molecule has 0 spiro atoms. The quantitative estimate of drug-likeness (QED) is 0.898. The molecule has 0 bridgehead atoms. The minimum atomic E-state index is 0.222. The third-order valence-corrected chi connectivity index (χ3v) is 4.04. The predicted octanol–water partition coefficient (Wildman–Crippen LogP) is 1.22. The van der Waals surface area contributed by atoms with E-state index in [0.29, 0.717) is 11.3 Å². The van der Waals surface area contributed by atoms with Crippen molar-refractivity contribution in [2.75, 3.05) is 31.9 Å². The molecule has 1 amide bonds. The Hall–Kier alpha value is -1.51. The van der Waals surface area contributed by atoms with E-state index < -0.39 is 0 Å². The van der Waals surface area contributed by atoms with Crippen molar-refractivity contribution in [1.82, 2.24) is 10.2 Å². The molecule has 1 aliphatic heterocycles. The largest absolute Gasteiger partial charge is 0.339 e. The molecule has 0 unspecified atom stereocenters. The van der Waals surface area contributed by atoms with Gasteiger partial charge in [-0.05, 0) is 17.7 Å². The maximum atomic E-state index is 11.9. The Morgan fingerprint density at radius 3 is 2.63 bits per heavy atom. The van der Waals surface area contributed by atoms with Crippen molar-refractivity contribution in [2.24, 2.45) is 0 Å². The molecule has 0 radical (unpaired) electrons. The molecule has 5 heteroatoms. The number of nitrogens with zero attached hydrogens (tertiary/aromatic N) is 2. The molecule has 1 heterocycles. The molecule has 4 nitrogen and oxygen atoms in total. The number of piperazine rings is 1. The van der Waals surface area contributed by atoms with Gasteiger partial charge in [-0.1, -0.05) is 12.1 Å². The van der Waals surface area contributed by atoms with Crippen LogP contribution in [0.1, 0.15) is 11.1 Å². The molecular formula is C14H17N3OS. The highest BCUT2D eigenvalue weighted by Gasteiger charge is 2.15. The van der Waals surface area contributed by atoms with Gasteiger partial charge in [-0.15, -0.1) is 11.8 Å². The Kier molecular flexibility index (Phi) is 5.25. The van der Waals surface area contributed by atoms with Crippen LogP contribution in [-0.2, 0) is 10.5 Å². The molecule has 1 aliphatic rings. The van der Waals surface area contributed by atoms with Crippen LogP contribution in [0.2, 0.25) is 0 Å². The number of benzene rings is 1. The number of thioether (sulfide) groups is 1. The summed E-state index contributed by atoms with van der Waals surface area (Å²) in [6, 6.07) is 9.62. The Labute approximate surface area is 117 Å². The maximum absolute atomic E-state index is 11.9. The summed E-state index contributed by atoms with van der Waals surface area (Å²) in [6.45, 7) is 3.42. The molecular weight excluding hydrogens is 258 g/mol. The zero-order valence-corrected chi connectivity index (χ0v) is 11.6. The number of hydrogen-bond donors (Lipinski definition) is 1. The van der Waals surface area contributed by atoms with E-state index in [1.54, 1.807) is 11.8 Å². The second kappa shape index (κ2) is 7.17. The Balaban J connectivity index is 1.73. The molecule has 2 rings (SSSR count). The molecule has 1 saturated heterocycles. The van der Waals surface area contributed by atoms with Gasteiger partial charge in [0.25, 0.3) is 0 Å². The zero-order chi connectivity index (χ0) is 13.5. The van der Waals surface area contributed by atoms with E-state index in [1.807, 2.05) is 29.2 Å². The summed E-state index contributed by atoms with van der Waals surface area (Å²) in [6.07, 6.45) is 0.